The summed E-state index contributed by atoms with van der Waals surface area (Å²) >= 11 is 1.84. The molecule has 0 aliphatic carbocycles. The molecular formula is C52H32N2O2S. The molecule has 3 aromatic heterocycles. The van der Waals surface area contributed by atoms with Gasteiger partial charge in [-0.25, -0.2) is 0 Å². The fraction of sp³-hybridized carbons (Fsp3) is 0. The van der Waals surface area contributed by atoms with Gasteiger partial charge in [0, 0.05) is 64.2 Å². The van der Waals surface area contributed by atoms with Gasteiger partial charge in [0.2, 0.25) is 0 Å². The predicted molar refractivity (Wildman–Crippen MR) is 241 cm³/mol. The Balaban J connectivity index is 1.10. The Morgan fingerprint density at radius 3 is 1.46 bits per heavy atom. The summed E-state index contributed by atoms with van der Waals surface area (Å²) in [7, 11) is 0. The Hall–Kier alpha value is -7.34. The van der Waals surface area contributed by atoms with Crippen LogP contribution in [0.15, 0.2) is 203 Å². The Morgan fingerprint density at radius 1 is 0.316 bits per heavy atom. The van der Waals surface area contributed by atoms with Gasteiger partial charge in [-0.15, -0.1) is 11.3 Å². The van der Waals surface area contributed by atoms with Crippen LogP contribution in [0.3, 0.4) is 0 Å². The Bertz CT molecular complexity index is 3490. The molecule has 4 nitrogen and oxygen atoms in total. The number of hydrogen-bond donors (Lipinski definition) is 0. The van der Waals surface area contributed by atoms with E-state index in [1.54, 1.807) is 0 Å². The lowest BCUT2D eigenvalue weighted by molar-refractivity contribution is 0.668. The zero-order valence-electron chi connectivity index (χ0n) is 30.6. The fourth-order valence-corrected chi connectivity index (χ4v) is 9.88. The van der Waals surface area contributed by atoms with Crippen molar-refractivity contribution >= 4 is 120 Å². The average Bonchev–Trinajstić information content (AvgIpc) is 3.97. The summed E-state index contributed by atoms with van der Waals surface area (Å²) in [4.78, 5) is 4.70. The first-order valence-electron chi connectivity index (χ1n) is 19.2. The highest BCUT2D eigenvalue weighted by molar-refractivity contribution is 7.26. The lowest BCUT2D eigenvalue weighted by Crippen LogP contribution is -2.10. The van der Waals surface area contributed by atoms with E-state index in [4.69, 9.17) is 8.83 Å². The Morgan fingerprint density at radius 2 is 0.825 bits per heavy atom. The zero-order chi connectivity index (χ0) is 37.5. The SMILES string of the molecule is c1ccc(N(c2ccc3sc4cc(N(c5ccccc5)c5cccc6c5oc5ccccc56)c5ccccc5c4c3c2)c2cccc3c2oc2ccccc23)cc1. The molecule has 0 saturated heterocycles. The minimum atomic E-state index is 0.869. The molecule has 0 spiro atoms. The first-order chi connectivity index (χ1) is 28.3. The second-order valence-electron chi connectivity index (χ2n) is 14.4. The van der Waals surface area contributed by atoms with Crippen molar-refractivity contribution in [2.24, 2.45) is 0 Å². The van der Waals surface area contributed by atoms with Crippen molar-refractivity contribution in [3.8, 4) is 0 Å². The zero-order valence-corrected chi connectivity index (χ0v) is 31.4. The van der Waals surface area contributed by atoms with Gasteiger partial charge in [-0.05, 0) is 78.2 Å². The summed E-state index contributed by atoms with van der Waals surface area (Å²) in [5.74, 6) is 0. The van der Waals surface area contributed by atoms with Crippen LogP contribution in [0.1, 0.15) is 0 Å². The first kappa shape index (κ1) is 32.0. The molecule has 0 radical (unpaired) electrons. The van der Waals surface area contributed by atoms with E-state index in [0.717, 1.165) is 78.0 Å². The number of hydrogen-bond acceptors (Lipinski definition) is 5. The summed E-state index contributed by atoms with van der Waals surface area (Å²) in [6.45, 7) is 0. The Kier molecular flexibility index (Phi) is 7.06. The van der Waals surface area contributed by atoms with E-state index in [1.807, 2.05) is 29.5 Å². The molecule has 0 N–H and O–H groups in total. The normalized spacial score (nSPS) is 11.9. The van der Waals surface area contributed by atoms with Gasteiger partial charge in [0.05, 0.1) is 17.1 Å². The number of para-hydroxylation sites is 6. The van der Waals surface area contributed by atoms with Gasteiger partial charge in [0.1, 0.15) is 11.2 Å². The topological polar surface area (TPSA) is 32.8 Å². The first-order valence-corrected chi connectivity index (χ1v) is 20.0. The van der Waals surface area contributed by atoms with E-state index in [-0.39, 0.29) is 0 Å². The number of thiophene rings is 1. The quantitative estimate of drug-likeness (QED) is 0.170. The molecule has 12 rings (SSSR count). The standard InChI is InChI=1S/C52H32N2O2S/c1-3-15-33(16-4-1)53(43-25-13-23-40-37-20-9-11-27-46(37)55-51(40)43)35-29-30-48-42(31-35)50-39-22-8-7-19-36(39)45(32-49(50)57-48)54(34-17-5-2-6-18-34)44-26-14-24-41-38-21-10-12-28-47(38)56-52(41)44/h1-32H. The van der Waals surface area contributed by atoms with Crippen LogP contribution < -0.4 is 9.80 Å². The van der Waals surface area contributed by atoms with Crippen LogP contribution in [0.4, 0.5) is 34.1 Å². The van der Waals surface area contributed by atoms with Gasteiger partial charge < -0.3 is 18.6 Å². The molecule has 0 aliphatic heterocycles. The smallest absolute Gasteiger partial charge is 0.159 e. The maximum atomic E-state index is 6.66. The number of anilines is 6. The second-order valence-corrected chi connectivity index (χ2v) is 15.5. The third-order valence-electron chi connectivity index (χ3n) is 11.2. The molecule has 57 heavy (non-hydrogen) atoms. The molecule has 268 valence electrons. The highest BCUT2D eigenvalue weighted by Crippen LogP contribution is 2.50. The third kappa shape index (κ3) is 4.93. The lowest BCUT2D eigenvalue weighted by Gasteiger charge is -2.27. The van der Waals surface area contributed by atoms with Crippen molar-refractivity contribution in [1.29, 1.82) is 0 Å². The fourth-order valence-electron chi connectivity index (χ4n) is 8.74. The van der Waals surface area contributed by atoms with Crippen molar-refractivity contribution in [1.82, 2.24) is 0 Å². The minimum absolute atomic E-state index is 0.869. The molecule has 0 bridgehead atoms. The van der Waals surface area contributed by atoms with Gasteiger partial charge in [0.25, 0.3) is 0 Å². The van der Waals surface area contributed by atoms with E-state index in [1.165, 1.54) is 30.9 Å². The van der Waals surface area contributed by atoms with E-state index in [0.29, 0.717) is 0 Å². The van der Waals surface area contributed by atoms with Gasteiger partial charge in [-0.2, -0.15) is 0 Å². The highest BCUT2D eigenvalue weighted by Gasteiger charge is 2.24. The lowest BCUT2D eigenvalue weighted by atomic mass is 10.00. The van der Waals surface area contributed by atoms with E-state index < -0.39 is 0 Å². The number of furan rings is 2. The molecule has 0 fully saturated rings. The summed E-state index contributed by atoms with van der Waals surface area (Å²) in [6, 6.07) is 68.8. The Labute approximate surface area is 331 Å². The number of benzene rings is 9. The van der Waals surface area contributed by atoms with Gasteiger partial charge in [0.15, 0.2) is 11.2 Å². The molecule has 5 heteroatoms. The largest absolute Gasteiger partial charge is 0.454 e. The molecule has 3 heterocycles. The van der Waals surface area contributed by atoms with Crippen molar-refractivity contribution in [2.75, 3.05) is 9.80 Å². The van der Waals surface area contributed by atoms with Crippen LogP contribution >= 0.6 is 11.3 Å². The third-order valence-corrected chi connectivity index (χ3v) is 12.3. The average molecular weight is 749 g/mol. The van der Waals surface area contributed by atoms with Crippen LogP contribution in [0.25, 0.3) is 74.8 Å². The molecular weight excluding hydrogens is 717 g/mol. The van der Waals surface area contributed by atoms with Crippen LogP contribution in [0, 0.1) is 0 Å². The van der Waals surface area contributed by atoms with E-state index in [2.05, 4.69) is 186 Å². The van der Waals surface area contributed by atoms with Gasteiger partial charge in [-0.3, -0.25) is 0 Å². The monoisotopic (exact) mass is 748 g/mol. The number of nitrogens with zero attached hydrogens (tertiary/aromatic N) is 2. The van der Waals surface area contributed by atoms with E-state index in [9.17, 15) is 0 Å². The maximum Gasteiger partial charge on any atom is 0.159 e. The van der Waals surface area contributed by atoms with Crippen LogP contribution in [0.5, 0.6) is 0 Å². The molecule has 9 aromatic carbocycles. The molecule has 0 saturated carbocycles. The summed E-state index contributed by atoms with van der Waals surface area (Å²) in [5, 5.41) is 9.28. The van der Waals surface area contributed by atoms with Gasteiger partial charge in [-0.1, -0.05) is 121 Å². The van der Waals surface area contributed by atoms with Crippen molar-refractivity contribution in [3.05, 3.63) is 194 Å². The molecule has 12 aromatic rings. The molecule has 0 aliphatic rings. The van der Waals surface area contributed by atoms with Crippen molar-refractivity contribution in [3.63, 3.8) is 0 Å². The number of rotatable bonds is 6. The van der Waals surface area contributed by atoms with Crippen molar-refractivity contribution in [2.45, 2.75) is 0 Å². The summed E-state index contributed by atoms with van der Waals surface area (Å²) in [6.07, 6.45) is 0. The summed E-state index contributed by atoms with van der Waals surface area (Å²) in [5.41, 5.74) is 9.81. The van der Waals surface area contributed by atoms with Crippen LogP contribution in [0.2, 0.25) is 0 Å². The molecule has 0 amide bonds. The minimum Gasteiger partial charge on any atom is -0.454 e. The summed E-state index contributed by atoms with van der Waals surface area (Å²) < 4.78 is 15.7. The maximum absolute atomic E-state index is 6.66. The van der Waals surface area contributed by atoms with Crippen molar-refractivity contribution < 1.29 is 8.83 Å². The predicted octanol–water partition coefficient (Wildman–Crippen LogP) is 15.9. The molecule has 0 unspecified atom stereocenters. The van der Waals surface area contributed by atoms with Gasteiger partial charge >= 0.3 is 0 Å². The number of fused-ring (bicyclic) bond motifs is 11. The van der Waals surface area contributed by atoms with Crippen LogP contribution in [-0.2, 0) is 0 Å². The second kappa shape index (κ2) is 12.6. The van der Waals surface area contributed by atoms with E-state index >= 15 is 0 Å². The molecule has 0 atom stereocenters. The van der Waals surface area contributed by atoms with Crippen LogP contribution in [-0.4, -0.2) is 0 Å². The highest BCUT2D eigenvalue weighted by atomic mass is 32.1.